The van der Waals surface area contributed by atoms with Gasteiger partial charge in [0.1, 0.15) is 19.3 Å². The third-order valence-corrected chi connectivity index (χ3v) is 21.4. The van der Waals surface area contributed by atoms with Crippen LogP contribution in [0, 0.1) is 23.7 Å². The Kier molecular flexibility index (Phi) is 68.7. The lowest BCUT2D eigenvalue weighted by Crippen LogP contribution is -2.30. The van der Waals surface area contributed by atoms with Crippen molar-refractivity contribution in [2.24, 2.45) is 23.7 Å². The first-order valence-corrected chi connectivity index (χ1v) is 44.8. The Morgan fingerprint density at radius 2 is 0.480 bits per heavy atom. The van der Waals surface area contributed by atoms with E-state index in [0.717, 1.165) is 114 Å². The lowest BCUT2D eigenvalue weighted by Gasteiger charge is -2.21. The van der Waals surface area contributed by atoms with Crippen LogP contribution in [0.2, 0.25) is 0 Å². The molecule has 594 valence electrons. The normalized spacial score (nSPS) is 14.6. The maximum absolute atomic E-state index is 13.1. The third kappa shape index (κ3) is 71.7. The molecule has 17 nitrogen and oxygen atoms in total. The summed E-state index contributed by atoms with van der Waals surface area (Å²) in [5.74, 6) is 1.02. The second-order valence-corrected chi connectivity index (χ2v) is 33.5. The van der Waals surface area contributed by atoms with E-state index in [1.807, 2.05) is 0 Å². The van der Waals surface area contributed by atoms with Crippen molar-refractivity contribution in [3.63, 3.8) is 0 Å². The Morgan fingerprint density at radius 3 is 0.710 bits per heavy atom. The zero-order valence-electron chi connectivity index (χ0n) is 65.8. The molecule has 0 heterocycles. The molecule has 3 N–H and O–H groups in total. The van der Waals surface area contributed by atoms with Crippen LogP contribution in [0.4, 0.5) is 0 Å². The summed E-state index contributed by atoms with van der Waals surface area (Å²) in [7, 11) is -9.92. The number of phosphoric acid groups is 2. The van der Waals surface area contributed by atoms with Crippen molar-refractivity contribution >= 4 is 39.5 Å². The van der Waals surface area contributed by atoms with Gasteiger partial charge in [-0.2, -0.15) is 0 Å². The van der Waals surface area contributed by atoms with Gasteiger partial charge in [0.15, 0.2) is 12.2 Å². The fraction of sp³-hybridized carbons (Fsp3) is 0.951. The van der Waals surface area contributed by atoms with E-state index in [2.05, 4.69) is 55.4 Å². The van der Waals surface area contributed by atoms with Crippen LogP contribution in [-0.4, -0.2) is 96.7 Å². The Morgan fingerprint density at radius 1 is 0.280 bits per heavy atom. The highest BCUT2D eigenvalue weighted by atomic mass is 31.2. The van der Waals surface area contributed by atoms with Crippen LogP contribution in [0.25, 0.3) is 0 Å². The van der Waals surface area contributed by atoms with Gasteiger partial charge in [-0.15, -0.1) is 0 Å². The van der Waals surface area contributed by atoms with Crippen LogP contribution in [0.1, 0.15) is 415 Å². The van der Waals surface area contributed by atoms with E-state index in [1.165, 1.54) is 212 Å². The van der Waals surface area contributed by atoms with Crippen molar-refractivity contribution in [1.29, 1.82) is 0 Å². The molecule has 7 atom stereocenters. The minimum absolute atomic E-state index is 0.106. The fourth-order valence-corrected chi connectivity index (χ4v) is 13.9. The standard InChI is InChI=1S/C81H158O17P2/c1-9-73(7)59-51-43-35-27-23-19-15-13-11-12-14-16-20-24-28-38-47-55-63-80(85)97-76(67-91-78(83)61-53-45-37-31-30-36-44-52-60-74(8)10-2)69-95-99(87,88)93-65-75(82)66-94-100(89,90)96-70-77(68-92-79(84)62-54-46-40-32-34-42-50-58-72(5)6)98-81(86)64-56-48-39-29-25-21-17-18-22-26-33-41-49-57-71(3)4/h71-77,82H,9-70H2,1-8H3,(H,87,88)(H,89,90)/t73?,74?,75?,76-,77-/m1/s1. The summed E-state index contributed by atoms with van der Waals surface area (Å²) >= 11 is 0. The van der Waals surface area contributed by atoms with Crippen LogP contribution < -0.4 is 0 Å². The van der Waals surface area contributed by atoms with Gasteiger partial charge < -0.3 is 33.8 Å². The molecule has 0 aromatic rings. The quantitative estimate of drug-likeness (QED) is 0.0222. The van der Waals surface area contributed by atoms with Crippen LogP contribution in [0.3, 0.4) is 0 Å². The van der Waals surface area contributed by atoms with Crippen molar-refractivity contribution < 1.29 is 80.2 Å². The van der Waals surface area contributed by atoms with Crippen molar-refractivity contribution in [2.45, 2.75) is 433 Å². The van der Waals surface area contributed by atoms with E-state index < -0.39 is 97.5 Å². The second-order valence-electron chi connectivity index (χ2n) is 30.6. The summed E-state index contributed by atoms with van der Waals surface area (Å²) in [5.41, 5.74) is 0. The molecule has 0 aromatic heterocycles. The van der Waals surface area contributed by atoms with Gasteiger partial charge in [-0.3, -0.25) is 37.3 Å². The number of unbranched alkanes of at least 4 members (excludes halogenated alkanes) is 42. The fourth-order valence-electron chi connectivity index (χ4n) is 12.4. The van der Waals surface area contributed by atoms with Crippen molar-refractivity contribution in [3.05, 3.63) is 0 Å². The Hall–Kier alpha value is -1.94. The largest absolute Gasteiger partial charge is 0.472 e. The molecule has 0 aliphatic rings. The van der Waals surface area contributed by atoms with E-state index in [-0.39, 0.29) is 25.7 Å². The molecule has 0 fully saturated rings. The topological polar surface area (TPSA) is 237 Å². The number of aliphatic hydroxyl groups is 1. The van der Waals surface area contributed by atoms with Gasteiger partial charge >= 0.3 is 39.5 Å². The van der Waals surface area contributed by atoms with Gasteiger partial charge in [0.2, 0.25) is 0 Å². The van der Waals surface area contributed by atoms with Crippen molar-refractivity contribution in [1.82, 2.24) is 0 Å². The molecule has 19 heteroatoms. The number of aliphatic hydroxyl groups excluding tert-OH is 1. The summed E-state index contributed by atoms with van der Waals surface area (Å²) in [6.45, 7) is 14.3. The van der Waals surface area contributed by atoms with Gasteiger partial charge in [0.25, 0.3) is 0 Å². The smallest absolute Gasteiger partial charge is 0.462 e. The predicted octanol–water partition coefficient (Wildman–Crippen LogP) is 24.0. The number of esters is 4. The third-order valence-electron chi connectivity index (χ3n) is 19.5. The number of hydrogen-bond donors (Lipinski definition) is 3. The molecule has 0 saturated carbocycles. The van der Waals surface area contributed by atoms with Crippen molar-refractivity contribution in [3.8, 4) is 0 Å². The summed E-state index contributed by atoms with van der Waals surface area (Å²) in [6, 6.07) is 0. The first-order chi connectivity index (χ1) is 48.2. The number of rotatable bonds is 78. The molecule has 0 radical (unpaired) electrons. The average Bonchev–Trinajstić information content (AvgIpc) is 0.951. The van der Waals surface area contributed by atoms with Crippen LogP contribution >= 0.6 is 15.6 Å². The van der Waals surface area contributed by atoms with Crippen LogP contribution in [0.15, 0.2) is 0 Å². The highest BCUT2D eigenvalue weighted by molar-refractivity contribution is 7.47. The predicted molar refractivity (Wildman–Crippen MR) is 409 cm³/mol. The SMILES string of the molecule is CCC(C)CCCCCCCCCCCCCCCCCCCCC(=O)O[C@H](COC(=O)CCCCCCCCCCC(C)CC)COP(=O)(O)OCC(O)COP(=O)(O)OC[C@@H](COC(=O)CCCCCCCCCC(C)C)OC(=O)CCCCCCCCCCCCCCCC(C)C. The number of phosphoric ester groups is 2. The zero-order valence-corrected chi connectivity index (χ0v) is 67.6. The Bertz CT molecular complexity index is 1960. The number of hydrogen-bond acceptors (Lipinski definition) is 15. The molecule has 5 unspecified atom stereocenters. The van der Waals surface area contributed by atoms with Crippen molar-refractivity contribution in [2.75, 3.05) is 39.6 Å². The molecule has 100 heavy (non-hydrogen) atoms. The molecule has 0 rings (SSSR count). The summed E-state index contributed by atoms with van der Waals surface area (Å²) in [4.78, 5) is 73.0. The second kappa shape index (κ2) is 70.1. The lowest BCUT2D eigenvalue weighted by molar-refractivity contribution is -0.161. The summed E-state index contributed by atoms with van der Waals surface area (Å²) in [5, 5.41) is 10.6. The molecule has 0 spiro atoms. The Labute approximate surface area is 613 Å². The van der Waals surface area contributed by atoms with Crippen LogP contribution in [0.5, 0.6) is 0 Å². The van der Waals surface area contributed by atoms with Gasteiger partial charge in [-0.05, 0) is 49.4 Å². The van der Waals surface area contributed by atoms with E-state index in [9.17, 15) is 43.2 Å². The maximum Gasteiger partial charge on any atom is 0.472 e. The summed E-state index contributed by atoms with van der Waals surface area (Å²) in [6.07, 6.45) is 57.0. The molecule has 0 aliphatic heterocycles. The monoisotopic (exact) mass is 1470 g/mol. The van der Waals surface area contributed by atoms with Gasteiger partial charge in [0, 0.05) is 25.7 Å². The zero-order chi connectivity index (χ0) is 73.8. The Balaban J connectivity index is 5.20. The van der Waals surface area contributed by atoms with E-state index in [4.69, 9.17) is 37.0 Å². The van der Waals surface area contributed by atoms with Gasteiger partial charge in [-0.1, -0.05) is 364 Å². The number of ether oxygens (including phenoxy) is 4. The first-order valence-electron chi connectivity index (χ1n) is 41.8. The summed E-state index contributed by atoms with van der Waals surface area (Å²) < 4.78 is 68.7. The highest BCUT2D eigenvalue weighted by Crippen LogP contribution is 2.45. The molecular formula is C81H158O17P2. The van der Waals surface area contributed by atoms with E-state index in [0.29, 0.717) is 31.6 Å². The molecule has 0 saturated heterocycles. The van der Waals surface area contributed by atoms with E-state index >= 15 is 0 Å². The molecule has 0 aliphatic carbocycles. The minimum atomic E-state index is -4.96. The molecule has 0 aromatic carbocycles. The lowest BCUT2D eigenvalue weighted by atomic mass is 9.99. The maximum atomic E-state index is 13.1. The first kappa shape index (κ1) is 98.1. The molecular weight excluding hydrogens is 1310 g/mol. The minimum Gasteiger partial charge on any atom is -0.462 e. The number of carbonyl (C=O) groups excluding carboxylic acids is 4. The average molecular weight is 1470 g/mol. The molecule has 0 amide bonds. The van der Waals surface area contributed by atoms with Gasteiger partial charge in [0.05, 0.1) is 26.4 Å². The van der Waals surface area contributed by atoms with Crippen LogP contribution in [-0.2, 0) is 65.4 Å². The molecule has 0 bridgehead atoms. The van der Waals surface area contributed by atoms with E-state index in [1.54, 1.807) is 0 Å². The number of carbonyl (C=O) groups is 4. The van der Waals surface area contributed by atoms with Gasteiger partial charge in [-0.25, -0.2) is 9.13 Å². The highest BCUT2D eigenvalue weighted by Gasteiger charge is 2.30.